The fourth-order valence-corrected chi connectivity index (χ4v) is 3.21. The molecule has 21 heavy (non-hydrogen) atoms. The first-order valence-electron chi connectivity index (χ1n) is 7.71. The van der Waals surface area contributed by atoms with Crippen molar-refractivity contribution in [1.82, 2.24) is 9.88 Å². The molecule has 2 unspecified atom stereocenters. The summed E-state index contributed by atoms with van der Waals surface area (Å²) in [6.07, 6.45) is 7.76. The second kappa shape index (κ2) is 7.29. The number of hydrogen-bond acceptors (Lipinski definition) is 2. The quantitative estimate of drug-likeness (QED) is 0.846. The lowest BCUT2D eigenvalue weighted by molar-refractivity contribution is -0.137. The SMILES string of the molecule is CC1CCCC(CCNC(=O)c2cccn2CC(=O)O)C1. The highest BCUT2D eigenvalue weighted by Crippen LogP contribution is 2.30. The van der Waals surface area contributed by atoms with Crippen LogP contribution < -0.4 is 5.32 Å². The summed E-state index contributed by atoms with van der Waals surface area (Å²) < 4.78 is 1.46. The van der Waals surface area contributed by atoms with Crippen molar-refractivity contribution in [3.05, 3.63) is 24.0 Å². The number of carbonyl (C=O) groups is 2. The Kier molecular flexibility index (Phi) is 5.42. The number of carbonyl (C=O) groups excluding carboxylic acids is 1. The molecule has 0 radical (unpaired) electrons. The van der Waals surface area contributed by atoms with E-state index in [1.165, 1.54) is 30.3 Å². The zero-order valence-electron chi connectivity index (χ0n) is 12.5. The summed E-state index contributed by atoms with van der Waals surface area (Å²) in [7, 11) is 0. The highest BCUT2D eigenvalue weighted by molar-refractivity contribution is 5.93. The monoisotopic (exact) mass is 292 g/mol. The Bertz CT molecular complexity index is 495. The van der Waals surface area contributed by atoms with Gasteiger partial charge in [-0.3, -0.25) is 9.59 Å². The van der Waals surface area contributed by atoms with Gasteiger partial charge in [-0.25, -0.2) is 0 Å². The number of aromatic nitrogens is 1. The van der Waals surface area contributed by atoms with Gasteiger partial charge in [0, 0.05) is 12.7 Å². The van der Waals surface area contributed by atoms with Gasteiger partial charge in [0.1, 0.15) is 12.2 Å². The third-order valence-corrected chi connectivity index (χ3v) is 4.25. The van der Waals surface area contributed by atoms with Crippen LogP contribution in [0.15, 0.2) is 18.3 Å². The standard InChI is InChI=1S/C16H24N2O3/c1-12-4-2-5-13(10-12)7-8-17-16(21)14-6-3-9-18(14)11-15(19)20/h3,6,9,12-13H,2,4-5,7-8,10-11H2,1H3,(H,17,21)(H,19,20). The predicted octanol–water partition coefficient (Wildman–Crippen LogP) is 2.52. The van der Waals surface area contributed by atoms with Crippen LogP contribution in [0.25, 0.3) is 0 Å². The summed E-state index contributed by atoms with van der Waals surface area (Å²) in [5.74, 6) is 0.369. The molecule has 0 spiro atoms. The van der Waals surface area contributed by atoms with E-state index in [1.807, 2.05) is 0 Å². The maximum absolute atomic E-state index is 12.1. The Balaban J connectivity index is 1.79. The Morgan fingerprint density at radius 1 is 1.43 bits per heavy atom. The highest BCUT2D eigenvalue weighted by Gasteiger charge is 2.19. The van der Waals surface area contributed by atoms with E-state index in [1.54, 1.807) is 18.3 Å². The van der Waals surface area contributed by atoms with Crippen molar-refractivity contribution in [2.24, 2.45) is 11.8 Å². The van der Waals surface area contributed by atoms with Crippen LogP contribution >= 0.6 is 0 Å². The van der Waals surface area contributed by atoms with Crippen LogP contribution in [0.1, 0.15) is 49.5 Å². The van der Waals surface area contributed by atoms with Crippen molar-refractivity contribution in [3.63, 3.8) is 0 Å². The first kappa shape index (κ1) is 15.6. The van der Waals surface area contributed by atoms with Gasteiger partial charge in [0.15, 0.2) is 0 Å². The molecule has 116 valence electrons. The van der Waals surface area contributed by atoms with Crippen LogP contribution in [-0.2, 0) is 11.3 Å². The Hall–Kier alpha value is -1.78. The summed E-state index contributed by atoms with van der Waals surface area (Å²) >= 11 is 0. The normalized spacial score (nSPS) is 22.0. The predicted molar refractivity (Wildman–Crippen MR) is 80.1 cm³/mol. The molecule has 1 aliphatic carbocycles. The molecule has 1 fully saturated rings. The van der Waals surface area contributed by atoms with E-state index in [2.05, 4.69) is 12.2 Å². The van der Waals surface area contributed by atoms with Crippen LogP contribution in [0.2, 0.25) is 0 Å². The number of hydrogen-bond donors (Lipinski definition) is 2. The van der Waals surface area contributed by atoms with E-state index >= 15 is 0 Å². The largest absolute Gasteiger partial charge is 0.480 e. The van der Waals surface area contributed by atoms with Crippen LogP contribution in [0.5, 0.6) is 0 Å². The molecule has 1 aromatic heterocycles. The second-order valence-corrected chi connectivity index (χ2v) is 6.10. The van der Waals surface area contributed by atoms with Crippen LogP contribution in [-0.4, -0.2) is 28.1 Å². The van der Waals surface area contributed by atoms with Gasteiger partial charge in [0.2, 0.25) is 0 Å². The van der Waals surface area contributed by atoms with Gasteiger partial charge in [0.05, 0.1) is 0 Å². The number of amides is 1. The maximum Gasteiger partial charge on any atom is 0.323 e. The molecule has 2 N–H and O–H groups in total. The van der Waals surface area contributed by atoms with Gasteiger partial charge in [-0.2, -0.15) is 0 Å². The smallest absolute Gasteiger partial charge is 0.323 e. The van der Waals surface area contributed by atoms with Gasteiger partial charge in [-0.15, -0.1) is 0 Å². The zero-order valence-corrected chi connectivity index (χ0v) is 12.5. The van der Waals surface area contributed by atoms with Crippen molar-refractivity contribution < 1.29 is 14.7 Å². The van der Waals surface area contributed by atoms with Crippen molar-refractivity contribution in [2.75, 3.05) is 6.54 Å². The number of nitrogens with zero attached hydrogens (tertiary/aromatic N) is 1. The fraction of sp³-hybridized carbons (Fsp3) is 0.625. The highest BCUT2D eigenvalue weighted by atomic mass is 16.4. The molecule has 5 nitrogen and oxygen atoms in total. The summed E-state index contributed by atoms with van der Waals surface area (Å²) in [4.78, 5) is 22.8. The lowest BCUT2D eigenvalue weighted by Crippen LogP contribution is -2.29. The summed E-state index contributed by atoms with van der Waals surface area (Å²) in [6.45, 7) is 2.77. The molecule has 5 heteroatoms. The summed E-state index contributed by atoms with van der Waals surface area (Å²) in [5.41, 5.74) is 0.411. The molecule has 1 aliphatic rings. The van der Waals surface area contributed by atoms with Crippen molar-refractivity contribution in [1.29, 1.82) is 0 Å². The molecule has 0 aromatic carbocycles. The van der Waals surface area contributed by atoms with E-state index < -0.39 is 5.97 Å². The van der Waals surface area contributed by atoms with E-state index in [0.29, 0.717) is 18.2 Å². The van der Waals surface area contributed by atoms with E-state index in [-0.39, 0.29) is 12.5 Å². The Morgan fingerprint density at radius 2 is 2.24 bits per heavy atom. The second-order valence-electron chi connectivity index (χ2n) is 6.10. The molecule has 1 saturated carbocycles. The molecule has 2 rings (SSSR count). The van der Waals surface area contributed by atoms with Gasteiger partial charge >= 0.3 is 5.97 Å². The minimum atomic E-state index is -0.948. The van der Waals surface area contributed by atoms with Crippen LogP contribution in [0.3, 0.4) is 0 Å². The molecule has 1 aromatic rings. The molecule has 0 saturated heterocycles. The van der Waals surface area contributed by atoms with Gasteiger partial charge in [-0.05, 0) is 36.8 Å². The van der Waals surface area contributed by atoms with Crippen molar-refractivity contribution in [3.8, 4) is 0 Å². The van der Waals surface area contributed by atoms with E-state index in [0.717, 1.165) is 12.3 Å². The first-order chi connectivity index (χ1) is 10.1. The third kappa shape index (κ3) is 4.62. The topological polar surface area (TPSA) is 71.3 Å². The number of aliphatic carboxylic acids is 1. The Morgan fingerprint density at radius 3 is 2.95 bits per heavy atom. The molecular weight excluding hydrogens is 268 g/mol. The summed E-state index contributed by atoms with van der Waals surface area (Å²) in [6, 6.07) is 3.35. The minimum absolute atomic E-state index is 0.185. The fourth-order valence-electron chi connectivity index (χ4n) is 3.21. The molecular formula is C16H24N2O3. The first-order valence-corrected chi connectivity index (χ1v) is 7.71. The lowest BCUT2D eigenvalue weighted by atomic mass is 9.81. The third-order valence-electron chi connectivity index (χ3n) is 4.25. The molecule has 0 aliphatic heterocycles. The van der Waals surface area contributed by atoms with Gasteiger partial charge < -0.3 is 15.0 Å². The molecule has 1 amide bonds. The maximum atomic E-state index is 12.1. The van der Waals surface area contributed by atoms with Gasteiger partial charge in [-0.1, -0.05) is 26.2 Å². The van der Waals surface area contributed by atoms with Crippen LogP contribution in [0.4, 0.5) is 0 Å². The number of carboxylic acids is 1. The molecule has 1 heterocycles. The average Bonchev–Trinajstić information content (AvgIpc) is 2.86. The lowest BCUT2D eigenvalue weighted by Gasteiger charge is -2.26. The zero-order chi connectivity index (χ0) is 15.2. The average molecular weight is 292 g/mol. The minimum Gasteiger partial charge on any atom is -0.480 e. The van der Waals surface area contributed by atoms with Crippen molar-refractivity contribution in [2.45, 2.75) is 45.6 Å². The molecule has 0 bridgehead atoms. The number of rotatable bonds is 6. The van der Waals surface area contributed by atoms with Crippen molar-refractivity contribution >= 4 is 11.9 Å². The van der Waals surface area contributed by atoms with E-state index in [4.69, 9.17) is 5.11 Å². The van der Waals surface area contributed by atoms with E-state index in [9.17, 15) is 9.59 Å². The van der Waals surface area contributed by atoms with Crippen LogP contribution in [0, 0.1) is 11.8 Å². The number of nitrogens with one attached hydrogen (secondary N) is 1. The van der Waals surface area contributed by atoms with Gasteiger partial charge in [0.25, 0.3) is 5.91 Å². The number of carboxylic acid groups (broad SMARTS) is 1. The molecule has 2 atom stereocenters. The summed E-state index contributed by atoms with van der Waals surface area (Å²) in [5, 5.41) is 11.7. The Labute approximate surface area is 125 Å².